The Kier molecular flexibility index (Phi) is 4.59. The summed E-state index contributed by atoms with van der Waals surface area (Å²) in [6.07, 6.45) is -0.972. The molecule has 1 rings (SSSR count). The van der Waals surface area contributed by atoms with Gasteiger partial charge in [-0.3, -0.25) is 0 Å². The highest BCUT2D eigenvalue weighted by Gasteiger charge is 2.28. The highest BCUT2D eigenvalue weighted by atomic mass is 35.5. The fourth-order valence-corrected chi connectivity index (χ4v) is 1.88. The molecule has 0 radical (unpaired) electrons. The molecule has 0 aliphatic heterocycles. The molecule has 1 unspecified atom stereocenters. The molecule has 0 aliphatic carbocycles. The molecule has 5 heteroatoms. The van der Waals surface area contributed by atoms with Crippen LogP contribution in [0.15, 0.2) is 24.3 Å². The summed E-state index contributed by atoms with van der Waals surface area (Å²) in [7, 11) is 0. The predicted molar refractivity (Wildman–Crippen MR) is 72.9 cm³/mol. The molecular weight excluding hydrogens is 252 g/mol. The van der Waals surface area contributed by atoms with Crippen LogP contribution < -0.4 is 5.73 Å². The number of halogens is 1. The van der Waals surface area contributed by atoms with Crippen LogP contribution in [0.3, 0.4) is 0 Å². The van der Waals surface area contributed by atoms with Gasteiger partial charge in [0.05, 0.1) is 0 Å². The third-order valence-corrected chi connectivity index (χ3v) is 2.93. The molecule has 0 fully saturated rings. The van der Waals surface area contributed by atoms with Crippen molar-refractivity contribution in [3.63, 3.8) is 0 Å². The van der Waals surface area contributed by atoms with E-state index in [1.165, 1.54) is 4.90 Å². The lowest BCUT2D eigenvalue weighted by Gasteiger charge is -2.35. The van der Waals surface area contributed by atoms with Crippen LogP contribution >= 0.6 is 11.6 Å². The van der Waals surface area contributed by atoms with Crippen LogP contribution in [0.1, 0.15) is 32.4 Å². The summed E-state index contributed by atoms with van der Waals surface area (Å²) in [6, 6.07) is 6.78. The van der Waals surface area contributed by atoms with E-state index in [2.05, 4.69) is 0 Å². The third-order valence-electron chi connectivity index (χ3n) is 2.70. The zero-order valence-electron chi connectivity index (χ0n) is 10.9. The van der Waals surface area contributed by atoms with Crippen LogP contribution in [-0.4, -0.2) is 28.2 Å². The van der Waals surface area contributed by atoms with E-state index in [0.717, 1.165) is 5.56 Å². The van der Waals surface area contributed by atoms with Crippen LogP contribution in [0, 0.1) is 0 Å². The standard InChI is InChI=1S/C13H19ClN2O2/c1-13(2,3)16(12(17)18)8-11(15)9-5-4-6-10(14)7-9/h4-7,11H,8,15H2,1-3H3,(H,17,18). The zero-order valence-corrected chi connectivity index (χ0v) is 11.6. The maximum Gasteiger partial charge on any atom is 0.407 e. The summed E-state index contributed by atoms with van der Waals surface area (Å²) < 4.78 is 0. The maximum atomic E-state index is 11.2. The molecule has 0 aromatic heterocycles. The lowest BCUT2D eigenvalue weighted by atomic mass is 10.0. The number of hydrogen-bond donors (Lipinski definition) is 2. The molecule has 1 aromatic rings. The Morgan fingerprint density at radius 2 is 2.11 bits per heavy atom. The van der Waals surface area contributed by atoms with E-state index in [1.807, 2.05) is 26.8 Å². The fraction of sp³-hybridized carbons (Fsp3) is 0.462. The van der Waals surface area contributed by atoms with Crippen molar-refractivity contribution in [3.05, 3.63) is 34.9 Å². The smallest absolute Gasteiger partial charge is 0.407 e. The largest absolute Gasteiger partial charge is 0.465 e. The Morgan fingerprint density at radius 3 is 2.56 bits per heavy atom. The summed E-state index contributed by atoms with van der Waals surface area (Å²) in [5.74, 6) is 0. The number of nitrogens with zero attached hydrogens (tertiary/aromatic N) is 1. The first-order valence-electron chi connectivity index (χ1n) is 5.73. The van der Waals surface area contributed by atoms with E-state index in [0.29, 0.717) is 5.02 Å². The van der Waals surface area contributed by atoms with Gasteiger partial charge in [0.2, 0.25) is 0 Å². The minimum atomic E-state index is -0.972. The van der Waals surface area contributed by atoms with E-state index in [1.54, 1.807) is 18.2 Å². The second kappa shape index (κ2) is 5.59. The topological polar surface area (TPSA) is 66.6 Å². The van der Waals surface area contributed by atoms with Crippen LogP contribution in [0.25, 0.3) is 0 Å². The first-order valence-corrected chi connectivity index (χ1v) is 6.11. The first-order chi connectivity index (χ1) is 8.21. The third kappa shape index (κ3) is 3.89. The van der Waals surface area contributed by atoms with Crippen molar-refractivity contribution >= 4 is 17.7 Å². The molecule has 3 N–H and O–H groups in total. The molecule has 4 nitrogen and oxygen atoms in total. The molecule has 1 amide bonds. The van der Waals surface area contributed by atoms with Crippen LogP contribution in [-0.2, 0) is 0 Å². The molecule has 0 saturated heterocycles. The van der Waals surface area contributed by atoms with Crippen molar-refractivity contribution in [3.8, 4) is 0 Å². The van der Waals surface area contributed by atoms with Crippen molar-refractivity contribution in [2.24, 2.45) is 5.73 Å². The molecular formula is C13H19ClN2O2. The molecule has 0 spiro atoms. The monoisotopic (exact) mass is 270 g/mol. The minimum Gasteiger partial charge on any atom is -0.465 e. The number of rotatable bonds is 3. The lowest BCUT2D eigenvalue weighted by Crippen LogP contribution is -2.48. The van der Waals surface area contributed by atoms with Gasteiger partial charge >= 0.3 is 6.09 Å². The Bertz CT molecular complexity index is 429. The Hall–Kier alpha value is -1.26. The number of hydrogen-bond acceptors (Lipinski definition) is 2. The summed E-state index contributed by atoms with van der Waals surface area (Å²) in [5, 5.41) is 9.80. The predicted octanol–water partition coefficient (Wildman–Crippen LogP) is 3.12. The van der Waals surface area contributed by atoms with Crippen molar-refractivity contribution in [2.75, 3.05) is 6.54 Å². The second-order valence-corrected chi connectivity index (χ2v) is 5.66. The van der Waals surface area contributed by atoms with Gasteiger partial charge in [-0.25, -0.2) is 4.79 Å². The summed E-state index contributed by atoms with van der Waals surface area (Å²) in [4.78, 5) is 12.6. The summed E-state index contributed by atoms with van der Waals surface area (Å²) >= 11 is 5.89. The maximum absolute atomic E-state index is 11.2. The van der Waals surface area contributed by atoms with Crippen LogP contribution in [0.4, 0.5) is 4.79 Å². The Morgan fingerprint density at radius 1 is 1.50 bits per heavy atom. The fourth-order valence-electron chi connectivity index (χ4n) is 1.68. The minimum absolute atomic E-state index is 0.235. The highest BCUT2D eigenvalue weighted by Crippen LogP contribution is 2.21. The van der Waals surface area contributed by atoms with Gasteiger partial charge in [0.15, 0.2) is 0 Å². The number of amides is 1. The van der Waals surface area contributed by atoms with Crippen molar-refractivity contribution < 1.29 is 9.90 Å². The van der Waals surface area contributed by atoms with Gasteiger partial charge in [-0.05, 0) is 38.5 Å². The van der Waals surface area contributed by atoms with E-state index in [9.17, 15) is 9.90 Å². The van der Waals surface area contributed by atoms with Crippen LogP contribution in [0.2, 0.25) is 5.02 Å². The molecule has 18 heavy (non-hydrogen) atoms. The average molecular weight is 271 g/mol. The number of nitrogens with two attached hydrogens (primary N) is 1. The summed E-state index contributed by atoms with van der Waals surface area (Å²) in [5.41, 5.74) is 6.38. The zero-order chi connectivity index (χ0) is 13.9. The molecule has 1 aromatic carbocycles. The first kappa shape index (κ1) is 14.8. The molecule has 0 aliphatic rings. The average Bonchev–Trinajstić information content (AvgIpc) is 2.23. The molecule has 100 valence electrons. The van der Waals surface area contributed by atoms with E-state index in [4.69, 9.17) is 17.3 Å². The van der Waals surface area contributed by atoms with Gasteiger partial charge in [-0.15, -0.1) is 0 Å². The van der Waals surface area contributed by atoms with E-state index < -0.39 is 11.6 Å². The second-order valence-electron chi connectivity index (χ2n) is 5.23. The van der Waals surface area contributed by atoms with Crippen LogP contribution in [0.5, 0.6) is 0 Å². The number of carbonyl (C=O) groups is 1. The van der Waals surface area contributed by atoms with Gasteiger partial charge < -0.3 is 15.7 Å². The SMILES string of the molecule is CC(C)(C)N(CC(N)c1cccc(Cl)c1)C(=O)O. The molecule has 0 saturated carbocycles. The highest BCUT2D eigenvalue weighted by molar-refractivity contribution is 6.30. The number of benzene rings is 1. The molecule has 1 atom stereocenters. The van der Waals surface area contributed by atoms with Gasteiger partial charge in [0, 0.05) is 23.1 Å². The normalized spacial score (nSPS) is 13.2. The van der Waals surface area contributed by atoms with E-state index in [-0.39, 0.29) is 12.6 Å². The molecule has 0 heterocycles. The van der Waals surface area contributed by atoms with Crippen molar-refractivity contribution in [1.29, 1.82) is 0 Å². The van der Waals surface area contributed by atoms with E-state index >= 15 is 0 Å². The summed E-state index contributed by atoms with van der Waals surface area (Å²) in [6.45, 7) is 5.75. The number of carboxylic acid groups (broad SMARTS) is 1. The lowest BCUT2D eigenvalue weighted by molar-refractivity contribution is 0.0961. The van der Waals surface area contributed by atoms with Gasteiger partial charge in [0.1, 0.15) is 0 Å². The van der Waals surface area contributed by atoms with Crippen molar-refractivity contribution in [1.82, 2.24) is 4.90 Å². The Labute approximate surface area is 112 Å². The van der Waals surface area contributed by atoms with Gasteiger partial charge in [-0.2, -0.15) is 0 Å². The Balaban J connectivity index is 2.85. The van der Waals surface area contributed by atoms with Gasteiger partial charge in [0.25, 0.3) is 0 Å². The van der Waals surface area contributed by atoms with Gasteiger partial charge in [-0.1, -0.05) is 23.7 Å². The molecule has 0 bridgehead atoms. The quantitative estimate of drug-likeness (QED) is 0.887. The van der Waals surface area contributed by atoms with Crippen molar-refractivity contribution in [2.45, 2.75) is 32.4 Å².